The molecule has 1 amide bonds. The predicted octanol–water partition coefficient (Wildman–Crippen LogP) is 5.64. The standard InChI is InChI=1S/C29H30N8O3/c1-19-15-21(5-6-24(19)39-22-9-13-36-25(16-22)30-17-32-36)34-27-26-23(10-14-37(26)33-18-31-27)20-7-11-35(12-8-20)28(38)40-29(2,3)4/h5-7,9-10,13-18H,8,11-12H2,1-4H3,(H,31,33,34). The lowest BCUT2D eigenvalue weighted by Crippen LogP contribution is -2.39. The lowest BCUT2D eigenvalue weighted by atomic mass is 10.0. The topological polar surface area (TPSA) is 111 Å². The first-order valence-electron chi connectivity index (χ1n) is 13.1. The number of aromatic nitrogens is 6. The molecule has 0 unspecified atom stereocenters. The third kappa shape index (κ3) is 5.18. The molecule has 5 aromatic rings. The zero-order valence-electron chi connectivity index (χ0n) is 22.8. The second kappa shape index (κ2) is 9.99. The summed E-state index contributed by atoms with van der Waals surface area (Å²) in [6, 6.07) is 11.6. The van der Waals surface area contributed by atoms with E-state index >= 15 is 0 Å². The van der Waals surface area contributed by atoms with E-state index in [1.165, 1.54) is 12.7 Å². The van der Waals surface area contributed by atoms with Gasteiger partial charge in [0.15, 0.2) is 11.5 Å². The second-order valence-corrected chi connectivity index (χ2v) is 10.7. The van der Waals surface area contributed by atoms with E-state index in [4.69, 9.17) is 9.47 Å². The Kier molecular flexibility index (Phi) is 6.33. The minimum atomic E-state index is -0.521. The molecule has 204 valence electrons. The highest BCUT2D eigenvalue weighted by Crippen LogP contribution is 2.33. The largest absolute Gasteiger partial charge is 0.457 e. The number of nitrogens with one attached hydrogen (secondary N) is 1. The van der Waals surface area contributed by atoms with E-state index in [2.05, 4.69) is 31.6 Å². The molecule has 0 bridgehead atoms. The van der Waals surface area contributed by atoms with Gasteiger partial charge >= 0.3 is 6.09 Å². The molecule has 1 aliphatic rings. The fourth-order valence-corrected chi connectivity index (χ4v) is 4.68. The summed E-state index contributed by atoms with van der Waals surface area (Å²) in [5, 5.41) is 12.0. The predicted molar refractivity (Wildman–Crippen MR) is 151 cm³/mol. The molecular formula is C29H30N8O3. The van der Waals surface area contributed by atoms with Crippen LogP contribution in [-0.4, -0.2) is 58.9 Å². The second-order valence-electron chi connectivity index (χ2n) is 10.7. The number of ether oxygens (including phenoxy) is 2. The van der Waals surface area contributed by atoms with Gasteiger partial charge in [-0.25, -0.2) is 23.8 Å². The lowest BCUT2D eigenvalue weighted by Gasteiger charge is -2.29. The van der Waals surface area contributed by atoms with Crippen LogP contribution in [0.1, 0.15) is 38.3 Å². The number of hydrogen-bond donors (Lipinski definition) is 1. The van der Waals surface area contributed by atoms with Crippen LogP contribution in [0.15, 0.2) is 67.5 Å². The van der Waals surface area contributed by atoms with Crippen molar-refractivity contribution in [3.05, 3.63) is 78.6 Å². The molecule has 0 spiro atoms. The number of hydrogen-bond acceptors (Lipinski definition) is 8. The Labute approximate surface area is 231 Å². The van der Waals surface area contributed by atoms with Crippen molar-refractivity contribution in [1.29, 1.82) is 0 Å². The van der Waals surface area contributed by atoms with Crippen molar-refractivity contribution in [2.24, 2.45) is 0 Å². The first-order chi connectivity index (χ1) is 19.2. The first kappa shape index (κ1) is 25.4. The Balaban J connectivity index is 1.21. The molecule has 0 fully saturated rings. The average Bonchev–Trinajstić information content (AvgIpc) is 3.57. The van der Waals surface area contributed by atoms with Crippen molar-refractivity contribution in [2.45, 2.75) is 39.7 Å². The summed E-state index contributed by atoms with van der Waals surface area (Å²) in [5.41, 5.74) is 5.08. The molecule has 4 aromatic heterocycles. The highest BCUT2D eigenvalue weighted by Gasteiger charge is 2.25. The Morgan fingerprint density at radius 1 is 1.00 bits per heavy atom. The highest BCUT2D eigenvalue weighted by atomic mass is 16.6. The van der Waals surface area contributed by atoms with Gasteiger partial charge in [-0.3, -0.25) is 0 Å². The molecule has 0 aliphatic carbocycles. The van der Waals surface area contributed by atoms with Crippen LogP contribution in [0, 0.1) is 6.92 Å². The van der Waals surface area contributed by atoms with Gasteiger partial charge in [0.2, 0.25) is 0 Å². The maximum absolute atomic E-state index is 12.5. The Morgan fingerprint density at radius 3 is 2.58 bits per heavy atom. The van der Waals surface area contributed by atoms with Crippen molar-refractivity contribution < 1.29 is 14.3 Å². The minimum absolute atomic E-state index is 0.294. The zero-order chi connectivity index (χ0) is 27.9. The molecule has 0 saturated heterocycles. The fourth-order valence-electron chi connectivity index (χ4n) is 4.68. The molecule has 1 aliphatic heterocycles. The summed E-state index contributed by atoms with van der Waals surface area (Å²) in [6.45, 7) is 8.69. The van der Waals surface area contributed by atoms with Crippen molar-refractivity contribution in [2.75, 3.05) is 18.4 Å². The first-order valence-corrected chi connectivity index (χ1v) is 13.1. The number of fused-ring (bicyclic) bond motifs is 2. The molecule has 0 saturated carbocycles. The van der Waals surface area contributed by atoms with Crippen molar-refractivity contribution in [1.82, 2.24) is 34.1 Å². The van der Waals surface area contributed by atoms with E-state index in [1.807, 2.05) is 81.0 Å². The van der Waals surface area contributed by atoms with Crippen LogP contribution in [0.5, 0.6) is 11.5 Å². The van der Waals surface area contributed by atoms with Gasteiger partial charge in [-0.1, -0.05) is 6.08 Å². The van der Waals surface area contributed by atoms with Crippen molar-refractivity contribution in [3.8, 4) is 11.5 Å². The zero-order valence-corrected chi connectivity index (χ0v) is 22.8. The quantitative estimate of drug-likeness (QED) is 0.306. The fraction of sp³-hybridized carbons (Fsp3) is 0.276. The van der Waals surface area contributed by atoms with Crippen LogP contribution in [0.2, 0.25) is 0 Å². The van der Waals surface area contributed by atoms with Crippen LogP contribution in [0.4, 0.5) is 16.3 Å². The Bertz CT molecular complexity index is 1750. The molecule has 11 heteroatoms. The van der Waals surface area contributed by atoms with Gasteiger partial charge in [0.05, 0.1) is 0 Å². The molecule has 11 nitrogen and oxygen atoms in total. The van der Waals surface area contributed by atoms with E-state index in [0.717, 1.165) is 39.3 Å². The van der Waals surface area contributed by atoms with E-state index in [-0.39, 0.29) is 6.09 Å². The van der Waals surface area contributed by atoms with Gasteiger partial charge in [-0.2, -0.15) is 10.2 Å². The number of carbonyl (C=O) groups is 1. The molecule has 5 heterocycles. The van der Waals surface area contributed by atoms with Crippen LogP contribution in [-0.2, 0) is 4.74 Å². The smallest absolute Gasteiger partial charge is 0.410 e. The van der Waals surface area contributed by atoms with Crippen LogP contribution >= 0.6 is 0 Å². The lowest BCUT2D eigenvalue weighted by molar-refractivity contribution is 0.0270. The Morgan fingerprint density at radius 2 is 1.80 bits per heavy atom. The molecule has 6 rings (SSSR count). The number of pyridine rings is 1. The van der Waals surface area contributed by atoms with Gasteiger partial charge in [0.25, 0.3) is 0 Å². The van der Waals surface area contributed by atoms with Gasteiger partial charge in [-0.05, 0) is 75.6 Å². The van der Waals surface area contributed by atoms with Crippen LogP contribution in [0.3, 0.4) is 0 Å². The van der Waals surface area contributed by atoms with E-state index in [1.54, 1.807) is 9.42 Å². The summed E-state index contributed by atoms with van der Waals surface area (Å²) in [6.07, 6.45) is 9.27. The number of amides is 1. The average molecular weight is 539 g/mol. The van der Waals surface area contributed by atoms with Crippen molar-refractivity contribution >= 4 is 34.3 Å². The van der Waals surface area contributed by atoms with E-state index in [0.29, 0.717) is 31.1 Å². The molecule has 0 radical (unpaired) electrons. The number of benzene rings is 1. The maximum Gasteiger partial charge on any atom is 0.410 e. The van der Waals surface area contributed by atoms with Crippen LogP contribution < -0.4 is 10.1 Å². The monoisotopic (exact) mass is 538 g/mol. The number of anilines is 2. The highest BCUT2D eigenvalue weighted by molar-refractivity contribution is 5.88. The minimum Gasteiger partial charge on any atom is -0.457 e. The third-order valence-corrected chi connectivity index (χ3v) is 6.58. The van der Waals surface area contributed by atoms with Crippen molar-refractivity contribution in [3.63, 3.8) is 0 Å². The van der Waals surface area contributed by atoms with E-state index < -0.39 is 5.60 Å². The normalized spacial score (nSPS) is 13.9. The molecule has 1 N–H and O–H groups in total. The van der Waals surface area contributed by atoms with Crippen LogP contribution in [0.25, 0.3) is 16.7 Å². The van der Waals surface area contributed by atoms with Gasteiger partial charge in [-0.15, -0.1) is 0 Å². The summed E-state index contributed by atoms with van der Waals surface area (Å²) in [7, 11) is 0. The number of nitrogens with zero attached hydrogens (tertiary/aromatic N) is 7. The summed E-state index contributed by atoms with van der Waals surface area (Å²) in [4.78, 5) is 23.0. The van der Waals surface area contributed by atoms with E-state index in [9.17, 15) is 4.79 Å². The molecule has 40 heavy (non-hydrogen) atoms. The third-order valence-electron chi connectivity index (χ3n) is 6.58. The molecule has 1 aromatic carbocycles. The molecular weight excluding hydrogens is 508 g/mol. The summed E-state index contributed by atoms with van der Waals surface area (Å²) < 4.78 is 15.2. The number of rotatable bonds is 5. The van der Waals surface area contributed by atoms with Gasteiger partial charge in [0.1, 0.15) is 35.3 Å². The van der Waals surface area contributed by atoms with Gasteiger partial charge < -0.3 is 19.7 Å². The number of carbonyl (C=O) groups excluding carboxylic acids is 1. The number of aryl methyl sites for hydroxylation is 1. The SMILES string of the molecule is Cc1cc(Nc2ncnn3ccc(C4=CCN(C(=O)OC(C)(C)C)CC4)c23)ccc1Oc1ccn2ncnc2c1. The summed E-state index contributed by atoms with van der Waals surface area (Å²) in [5.74, 6) is 2.12. The molecule has 0 atom stereocenters. The summed E-state index contributed by atoms with van der Waals surface area (Å²) >= 11 is 0. The maximum atomic E-state index is 12.5. The van der Waals surface area contributed by atoms with Gasteiger partial charge in [0, 0.05) is 42.8 Å². The Hall–Kier alpha value is -4.93.